The number of nitrogens with zero attached hydrogens (tertiary/aromatic N) is 4. The summed E-state index contributed by atoms with van der Waals surface area (Å²) in [6.45, 7) is 1.29. The van der Waals surface area contributed by atoms with Gasteiger partial charge in [-0.2, -0.15) is 5.10 Å². The summed E-state index contributed by atoms with van der Waals surface area (Å²) in [4.78, 5) is 19.4. The van der Waals surface area contributed by atoms with Crippen molar-refractivity contribution in [2.75, 3.05) is 6.54 Å². The van der Waals surface area contributed by atoms with Crippen LogP contribution < -0.4 is 5.32 Å². The Labute approximate surface area is 109 Å². The third kappa shape index (κ3) is 3.53. The number of pyridine rings is 1. The molecule has 0 unspecified atom stereocenters. The first-order valence-corrected chi connectivity index (χ1v) is 5.85. The third-order valence-electron chi connectivity index (χ3n) is 2.31. The first-order valence-electron chi connectivity index (χ1n) is 5.48. The van der Waals surface area contributed by atoms with Gasteiger partial charge in [-0.1, -0.05) is 11.6 Å². The summed E-state index contributed by atoms with van der Waals surface area (Å²) in [6.07, 6.45) is 5.37. The molecule has 0 aliphatic carbocycles. The first-order chi connectivity index (χ1) is 8.75. The van der Waals surface area contributed by atoms with Gasteiger partial charge in [0.1, 0.15) is 17.8 Å². The van der Waals surface area contributed by atoms with Crippen molar-refractivity contribution in [3.05, 3.63) is 41.7 Å². The molecule has 2 aromatic rings. The number of carbonyl (C=O) groups excluding carboxylic acids is 1. The van der Waals surface area contributed by atoms with Gasteiger partial charge in [0.25, 0.3) is 5.91 Å². The van der Waals surface area contributed by atoms with Gasteiger partial charge < -0.3 is 5.32 Å². The molecule has 0 saturated heterocycles. The van der Waals surface area contributed by atoms with Crippen LogP contribution in [-0.2, 0) is 6.54 Å². The lowest BCUT2D eigenvalue weighted by atomic mass is 10.2. The molecular weight excluding hydrogens is 254 g/mol. The third-order valence-corrected chi connectivity index (χ3v) is 2.53. The Bertz CT molecular complexity index is 497. The zero-order valence-corrected chi connectivity index (χ0v) is 10.3. The van der Waals surface area contributed by atoms with Crippen LogP contribution in [0.15, 0.2) is 31.0 Å². The maximum absolute atomic E-state index is 11.7. The second kappa shape index (κ2) is 6.11. The quantitative estimate of drug-likeness (QED) is 0.650. The normalized spacial score (nSPS) is 10.3. The molecule has 2 aromatic heterocycles. The van der Waals surface area contributed by atoms with Gasteiger partial charge in [0.15, 0.2) is 0 Å². The molecule has 0 aliphatic heterocycles. The highest BCUT2D eigenvalue weighted by atomic mass is 35.5. The Morgan fingerprint density at radius 1 is 1.44 bits per heavy atom. The minimum atomic E-state index is -0.155. The Hall–Kier alpha value is -1.95. The monoisotopic (exact) mass is 265 g/mol. The average Bonchev–Trinajstić information content (AvgIpc) is 2.88. The van der Waals surface area contributed by atoms with Crippen LogP contribution in [0, 0.1) is 0 Å². The average molecular weight is 266 g/mol. The summed E-state index contributed by atoms with van der Waals surface area (Å²) >= 11 is 5.64. The predicted octanol–water partition coefficient (Wildman–Crippen LogP) is 1.15. The van der Waals surface area contributed by atoms with E-state index in [4.69, 9.17) is 11.6 Å². The number of hydrogen-bond acceptors (Lipinski definition) is 4. The highest BCUT2D eigenvalue weighted by Gasteiger charge is 2.04. The molecule has 0 aliphatic rings. The van der Waals surface area contributed by atoms with E-state index in [1.807, 2.05) is 0 Å². The largest absolute Gasteiger partial charge is 0.352 e. The molecule has 0 bridgehead atoms. The smallest absolute Gasteiger partial charge is 0.252 e. The standard InChI is InChI=1S/C11H12ClN5O/c12-10-3-2-9(6-15-10)11(18)14-4-1-5-17-8-13-7-16-17/h2-3,6-8H,1,4-5H2,(H,14,18). The van der Waals surface area contributed by atoms with Gasteiger partial charge in [-0.05, 0) is 18.6 Å². The maximum atomic E-state index is 11.7. The Balaban J connectivity index is 1.73. The number of amides is 1. The Morgan fingerprint density at radius 3 is 3.00 bits per heavy atom. The summed E-state index contributed by atoms with van der Waals surface area (Å²) in [5, 5.41) is 7.14. The van der Waals surface area contributed by atoms with Gasteiger partial charge in [0, 0.05) is 19.3 Å². The minimum Gasteiger partial charge on any atom is -0.352 e. The van der Waals surface area contributed by atoms with E-state index in [1.165, 1.54) is 12.5 Å². The van der Waals surface area contributed by atoms with E-state index < -0.39 is 0 Å². The van der Waals surface area contributed by atoms with Gasteiger partial charge in [-0.3, -0.25) is 9.48 Å². The lowest BCUT2D eigenvalue weighted by molar-refractivity contribution is 0.0952. The Morgan fingerprint density at radius 2 is 2.33 bits per heavy atom. The molecule has 94 valence electrons. The molecule has 1 amide bonds. The molecule has 7 heteroatoms. The highest BCUT2D eigenvalue weighted by Crippen LogP contribution is 2.04. The zero-order valence-electron chi connectivity index (χ0n) is 9.58. The van der Waals surface area contributed by atoms with E-state index in [0.29, 0.717) is 17.3 Å². The van der Waals surface area contributed by atoms with Crippen LogP contribution in [0.5, 0.6) is 0 Å². The molecule has 0 atom stereocenters. The molecule has 2 rings (SSSR count). The van der Waals surface area contributed by atoms with Crippen molar-refractivity contribution in [3.63, 3.8) is 0 Å². The van der Waals surface area contributed by atoms with Crippen molar-refractivity contribution in [3.8, 4) is 0 Å². The molecule has 18 heavy (non-hydrogen) atoms. The summed E-state index contributed by atoms with van der Waals surface area (Å²) in [6, 6.07) is 3.23. The summed E-state index contributed by atoms with van der Waals surface area (Å²) in [7, 11) is 0. The van der Waals surface area contributed by atoms with E-state index >= 15 is 0 Å². The minimum absolute atomic E-state index is 0.155. The van der Waals surface area contributed by atoms with Crippen LogP contribution in [-0.4, -0.2) is 32.2 Å². The molecule has 2 heterocycles. The van der Waals surface area contributed by atoms with Crippen molar-refractivity contribution in [2.24, 2.45) is 0 Å². The van der Waals surface area contributed by atoms with E-state index in [9.17, 15) is 4.79 Å². The van der Waals surface area contributed by atoms with E-state index in [1.54, 1.807) is 23.1 Å². The molecule has 0 radical (unpaired) electrons. The molecule has 0 spiro atoms. The SMILES string of the molecule is O=C(NCCCn1cncn1)c1ccc(Cl)nc1. The Kier molecular flexibility index (Phi) is 4.25. The van der Waals surface area contributed by atoms with E-state index in [-0.39, 0.29) is 5.91 Å². The maximum Gasteiger partial charge on any atom is 0.252 e. The lowest BCUT2D eigenvalue weighted by Gasteiger charge is -2.04. The molecule has 1 N–H and O–H groups in total. The van der Waals surface area contributed by atoms with Crippen LogP contribution in [0.25, 0.3) is 0 Å². The number of aryl methyl sites for hydroxylation is 1. The fraction of sp³-hybridized carbons (Fsp3) is 0.273. The lowest BCUT2D eigenvalue weighted by Crippen LogP contribution is -2.25. The van der Waals surface area contributed by atoms with Crippen molar-refractivity contribution >= 4 is 17.5 Å². The number of halogens is 1. The number of rotatable bonds is 5. The van der Waals surface area contributed by atoms with Gasteiger partial charge in [0.05, 0.1) is 5.56 Å². The number of aromatic nitrogens is 4. The highest BCUT2D eigenvalue weighted by molar-refractivity contribution is 6.29. The topological polar surface area (TPSA) is 72.7 Å². The first kappa shape index (κ1) is 12.5. The van der Waals surface area contributed by atoms with Crippen molar-refractivity contribution in [1.29, 1.82) is 0 Å². The van der Waals surface area contributed by atoms with Crippen molar-refractivity contribution in [2.45, 2.75) is 13.0 Å². The van der Waals surface area contributed by atoms with Gasteiger partial charge in [-0.25, -0.2) is 9.97 Å². The van der Waals surface area contributed by atoms with Gasteiger partial charge in [0.2, 0.25) is 0 Å². The van der Waals surface area contributed by atoms with Crippen LogP contribution >= 0.6 is 11.6 Å². The van der Waals surface area contributed by atoms with Crippen LogP contribution in [0.3, 0.4) is 0 Å². The summed E-state index contributed by atoms with van der Waals surface area (Å²) in [5.41, 5.74) is 0.500. The molecule has 0 saturated carbocycles. The van der Waals surface area contributed by atoms with Crippen molar-refractivity contribution < 1.29 is 4.79 Å². The van der Waals surface area contributed by atoms with Crippen molar-refractivity contribution in [1.82, 2.24) is 25.1 Å². The fourth-order valence-electron chi connectivity index (χ4n) is 1.40. The van der Waals surface area contributed by atoms with Gasteiger partial charge >= 0.3 is 0 Å². The van der Waals surface area contributed by atoms with Crippen LogP contribution in [0.1, 0.15) is 16.8 Å². The second-order valence-electron chi connectivity index (χ2n) is 3.64. The van der Waals surface area contributed by atoms with Crippen LogP contribution in [0.2, 0.25) is 5.15 Å². The summed E-state index contributed by atoms with van der Waals surface area (Å²) in [5.74, 6) is -0.155. The fourth-order valence-corrected chi connectivity index (χ4v) is 1.52. The summed E-state index contributed by atoms with van der Waals surface area (Å²) < 4.78 is 1.72. The zero-order chi connectivity index (χ0) is 12.8. The predicted molar refractivity (Wildman–Crippen MR) is 66.2 cm³/mol. The van der Waals surface area contributed by atoms with E-state index in [0.717, 1.165) is 13.0 Å². The number of nitrogens with one attached hydrogen (secondary N) is 1. The second-order valence-corrected chi connectivity index (χ2v) is 4.02. The van der Waals surface area contributed by atoms with Gasteiger partial charge in [-0.15, -0.1) is 0 Å². The molecular formula is C11H12ClN5O. The molecule has 0 aromatic carbocycles. The number of carbonyl (C=O) groups is 1. The van der Waals surface area contributed by atoms with E-state index in [2.05, 4.69) is 20.4 Å². The molecule has 0 fully saturated rings. The number of hydrogen-bond donors (Lipinski definition) is 1. The molecule has 6 nitrogen and oxygen atoms in total. The van der Waals surface area contributed by atoms with Crippen LogP contribution in [0.4, 0.5) is 0 Å².